The molecule has 1 aromatic rings. The Bertz CT molecular complexity index is 344. The molecular formula is C13H24BrN3. The van der Waals surface area contributed by atoms with Gasteiger partial charge in [-0.25, -0.2) is 0 Å². The van der Waals surface area contributed by atoms with Crippen molar-refractivity contribution in [2.24, 2.45) is 0 Å². The van der Waals surface area contributed by atoms with Crippen LogP contribution in [0.4, 0.5) is 0 Å². The number of aryl methyl sites for hydroxylation is 2. The third kappa shape index (κ3) is 4.43. The Morgan fingerprint density at radius 2 is 2.12 bits per heavy atom. The Labute approximate surface area is 113 Å². The summed E-state index contributed by atoms with van der Waals surface area (Å²) in [4.78, 5) is 0. The zero-order valence-electron chi connectivity index (χ0n) is 11.4. The van der Waals surface area contributed by atoms with Gasteiger partial charge in [-0.3, -0.25) is 4.68 Å². The van der Waals surface area contributed by atoms with Gasteiger partial charge >= 0.3 is 0 Å². The van der Waals surface area contributed by atoms with Gasteiger partial charge in [0.15, 0.2) is 0 Å². The summed E-state index contributed by atoms with van der Waals surface area (Å²) in [6, 6.07) is 2.21. The molecule has 4 heteroatoms. The van der Waals surface area contributed by atoms with Crippen LogP contribution in [-0.2, 0) is 19.5 Å². The van der Waals surface area contributed by atoms with E-state index in [1.54, 1.807) is 0 Å². The van der Waals surface area contributed by atoms with E-state index >= 15 is 0 Å². The summed E-state index contributed by atoms with van der Waals surface area (Å²) in [7, 11) is 0. The van der Waals surface area contributed by atoms with Crippen LogP contribution in [0.3, 0.4) is 0 Å². The third-order valence-corrected chi connectivity index (χ3v) is 3.44. The number of hydrogen-bond acceptors (Lipinski definition) is 2. The third-order valence-electron chi connectivity index (χ3n) is 3.04. The van der Waals surface area contributed by atoms with E-state index in [4.69, 9.17) is 0 Å². The first kappa shape index (κ1) is 14.7. The lowest BCUT2D eigenvalue weighted by atomic mass is 10.0. The predicted molar refractivity (Wildman–Crippen MR) is 76.6 cm³/mol. The minimum atomic E-state index is 0.165. The molecule has 0 radical (unpaired) electrons. The Balaban J connectivity index is 2.64. The zero-order valence-corrected chi connectivity index (χ0v) is 13.0. The molecular weight excluding hydrogens is 278 g/mol. The van der Waals surface area contributed by atoms with Gasteiger partial charge in [-0.1, -0.05) is 22.9 Å². The number of nitrogens with one attached hydrogen (secondary N) is 1. The van der Waals surface area contributed by atoms with E-state index in [-0.39, 0.29) is 5.54 Å². The highest BCUT2D eigenvalue weighted by molar-refractivity contribution is 9.09. The summed E-state index contributed by atoms with van der Waals surface area (Å²) in [5.41, 5.74) is 2.63. The lowest BCUT2D eigenvalue weighted by molar-refractivity contribution is 0.370. The van der Waals surface area contributed by atoms with Crippen LogP contribution < -0.4 is 5.32 Å². The zero-order chi connectivity index (χ0) is 12.9. The average Bonchev–Trinajstić information content (AvgIpc) is 2.69. The van der Waals surface area contributed by atoms with E-state index in [9.17, 15) is 0 Å². The van der Waals surface area contributed by atoms with Crippen molar-refractivity contribution < 1.29 is 0 Å². The molecule has 0 aliphatic rings. The molecule has 0 amide bonds. The Hall–Kier alpha value is -0.350. The van der Waals surface area contributed by atoms with Gasteiger partial charge in [-0.2, -0.15) is 5.10 Å². The van der Waals surface area contributed by atoms with Crippen LogP contribution in [0.1, 0.15) is 45.5 Å². The molecule has 0 aliphatic heterocycles. The quantitative estimate of drug-likeness (QED) is 0.784. The van der Waals surface area contributed by atoms with E-state index in [0.29, 0.717) is 0 Å². The molecule has 0 spiro atoms. The normalized spacial score (nSPS) is 12.1. The molecule has 0 aliphatic carbocycles. The van der Waals surface area contributed by atoms with Gasteiger partial charge in [0.1, 0.15) is 0 Å². The maximum absolute atomic E-state index is 4.56. The van der Waals surface area contributed by atoms with Crippen LogP contribution in [0.15, 0.2) is 6.07 Å². The van der Waals surface area contributed by atoms with Crippen molar-refractivity contribution in [3.05, 3.63) is 17.5 Å². The van der Waals surface area contributed by atoms with Crippen molar-refractivity contribution in [2.45, 2.75) is 59.2 Å². The number of hydrogen-bond donors (Lipinski definition) is 1. The molecule has 1 rings (SSSR count). The summed E-state index contributed by atoms with van der Waals surface area (Å²) in [6.45, 7) is 10.6. The predicted octanol–water partition coefficient (Wildman–Crippen LogP) is 3.12. The van der Waals surface area contributed by atoms with Crippen molar-refractivity contribution in [1.29, 1.82) is 0 Å². The molecule has 1 N–H and O–H groups in total. The second kappa shape index (κ2) is 6.55. The molecule has 17 heavy (non-hydrogen) atoms. The minimum Gasteiger partial charge on any atom is -0.306 e. The summed E-state index contributed by atoms with van der Waals surface area (Å²) in [5, 5.41) is 9.19. The summed E-state index contributed by atoms with van der Waals surface area (Å²) >= 11 is 3.50. The van der Waals surface area contributed by atoms with Crippen molar-refractivity contribution in [1.82, 2.24) is 15.1 Å². The summed E-state index contributed by atoms with van der Waals surface area (Å²) in [5.74, 6) is 0. The fourth-order valence-electron chi connectivity index (χ4n) is 1.76. The average molecular weight is 302 g/mol. The molecule has 98 valence electrons. The fourth-order valence-corrected chi connectivity index (χ4v) is 2.75. The highest BCUT2D eigenvalue weighted by Crippen LogP contribution is 2.12. The Morgan fingerprint density at radius 3 is 2.65 bits per heavy atom. The van der Waals surface area contributed by atoms with Crippen LogP contribution in [0.2, 0.25) is 0 Å². The van der Waals surface area contributed by atoms with Gasteiger partial charge in [0.25, 0.3) is 0 Å². The van der Waals surface area contributed by atoms with Gasteiger partial charge in [0.2, 0.25) is 0 Å². The fraction of sp³-hybridized carbons (Fsp3) is 0.769. The topological polar surface area (TPSA) is 29.9 Å². The minimum absolute atomic E-state index is 0.165. The standard InChI is InChI=1S/C13H24BrN3/c1-5-11-9-12(17(6-2)16-11)10-15-13(3,4)7-8-14/h9,15H,5-8,10H2,1-4H3. The summed E-state index contributed by atoms with van der Waals surface area (Å²) < 4.78 is 2.09. The van der Waals surface area contributed by atoms with Crippen molar-refractivity contribution in [3.8, 4) is 0 Å². The SMILES string of the molecule is CCc1cc(CNC(C)(C)CCBr)n(CC)n1. The van der Waals surface area contributed by atoms with Crippen molar-refractivity contribution >= 4 is 15.9 Å². The van der Waals surface area contributed by atoms with Gasteiger partial charge < -0.3 is 5.32 Å². The monoisotopic (exact) mass is 301 g/mol. The van der Waals surface area contributed by atoms with Gasteiger partial charge in [-0.15, -0.1) is 0 Å². The van der Waals surface area contributed by atoms with Crippen molar-refractivity contribution in [2.75, 3.05) is 5.33 Å². The van der Waals surface area contributed by atoms with E-state index in [2.05, 4.69) is 64.8 Å². The highest BCUT2D eigenvalue weighted by atomic mass is 79.9. The molecule has 1 aromatic heterocycles. The molecule has 0 unspecified atom stereocenters. The van der Waals surface area contributed by atoms with Crippen molar-refractivity contribution in [3.63, 3.8) is 0 Å². The Morgan fingerprint density at radius 1 is 1.41 bits per heavy atom. The first-order valence-electron chi connectivity index (χ1n) is 6.39. The van der Waals surface area contributed by atoms with Gasteiger partial charge in [-0.05, 0) is 39.7 Å². The highest BCUT2D eigenvalue weighted by Gasteiger charge is 2.16. The van der Waals surface area contributed by atoms with E-state index in [0.717, 1.165) is 31.3 Å². The number of aromatic nitrogens is 2. The van der Waals surface area contributed by atoms with E-state index < -0.39 is 0 Å². The number of rotatable bonds is 7. The van der Waals surface area contributed by atoms with E-state index in [1.807, 2.05) is 0 Å². The van der Waals surface area contributed by atoms with Gasteiger partial charge in [0.05, 0.1) is 11.4 Å². The smallest absolute Gasteiger partial charge is 0.0625 e. The first-order valence-corrected chi connectivity index (χ1v) is 7.51. The lowest BCUT2D eigenvalue weighted by Crippen LogP contribution is -2.39. The molecule has 1 heterocycles. The summed E-state index contributed by atoms with van der Waals surface area (Å²) in [6.07, 6.45) is 2.12. The molecule has 0 aromatic carbocycles. The molecule has 3 nitrogen and oxygen atoms in total. The van der Waals surface area contributed by atoms with Crippen LogP contribution in [0, 0.1) is 0 Å². The molecule has 0 bridgehead atoms. The first-order chi connectivity index (χ1) is 8.02. The molecule has 0 saturated heterocycles. The maximum atomic E-state index is 4.56. The Kier molecular flexibility index (Phi) is 5.67. The van der Waals surface area contributed by atoms with Crippen LogP contribution >= 0.6 is 15.9 Å². The van der Waals surface area contributed by atoms with Crippen LogP contribution in [-0.4, -0.2) is 20.6 Å². The van der Waals surface area contributed by atoms with Gasteiger partial charge in [0, 0.05) is 24.0 Å². The molecule has 0 fully saturated rings. The molecule has 0 atom stereocenters. The molecule has 0 saturated carbocycles. The lowest BCUT2D eigenvalue weighted by Gasteiger charge is -2.25. The van der Waals surface area contributed by atoms with E-state index in [1.165, 1.54) is 11.4 Å². The second-order valence-electron chi connectivity index (χ2n) is 4.97. The number of alkyl halides is 1. The van der Waals surface area contributed by atoms with Crippen LogP contribution in [0.25, 0.3) is 0 Å². The largest absolute Gasteiger partial charge is 0.306 e. The van der Waals surface area contributed by atoms with Crippen LogP contribution in [0.5, 0.6) is 0 Å². The number of halogens is 1. The second-order valence-corrected chi connectivity index (χ2v) is 5.77. The number of nitrogens with zero attached hydrogens (tertiary/aromatic N) is 2. The maximum Gasteiger partial charge on any atom is 0.0625 e.